The number of aromatic nitrogens is 3. The summed E-state index contributed by atoms with van der Waals surface area (Å²) in [5, 5.41) is 11.2. The number of furan rings is 1. The van der Waals surface area contributed by atoms with E-state index in [0.29, 0.717) is 11.4 Å². The predicted molar refractivity (Wildman–Crippen MR) is 79.6 cm³/mol. The lowest BCUT2D eigenvalue weighted by molar-refractivity contribution is 0.0951. The van der Waals surface area contributed by atoms with Gasteiger partial charge in [-0.2, -0.15) is 0 Å². The zero-order valence-electron chi connectivity index (χ0n) is 12.1. The number of thiazole rings is 1. The average molecular weight is 304 g/mol. The topological polar surface area (TPSA) is 72.4 Å². The fourth-order valence-corrected chi connectivity index (χ4v) is 3.16. The molecule has 0 aliphatic carbocycles. The van der Waals surface area contributed by atoms with E-state index in [1.54, 1.807) is 12.3 Å². The Labute approximate surface area is 125 Å². The Morgan fingerprint density at radius 1 is 1.48 bits per heavy atom. The van der Waals surface area contributed by atoms with Crippen LogP contribution in [0.2, 0.25) is 0 Å². The number of nitrogens with one attached hydrogen (secondary N) is 1. The van der Waals surface area contributed by atoms with Gasteiger partial charge in [-0.1, -0.05) is 25.2 Å². The lowest BCUT2D eigenvalue weighted by Gasteiger charge is -2.04. The van der Waals surface area contributed by atoms with Crippen LogP contribution >= 0.6 is 11.3 Å². The van der Waals surface area contributed by atoms with Crippen LogP contribution in [-0.4, -0.2) is 20.5 Å². The number of carbonyl (C=O) groups excluding carboxylic acids is 1. The fraction of sp³-hybridized carbons (Fsp3) is 0.357. The summed E-state index contributed by atoms with van der Waals surface area (Å²) in [6.45, 7) is 6.41. The highest BCUT2D eigenvalue weighted by atomic mass is 32.1. The van der Waals surface area contributed by atoms with Crippen molar-refractivity contribution in [1.82, 2.24) is 19.9 Å². The maximum atomic E-state index is 12.3. The molecule has 0 unspecified atom stereocenters. The molecule has 1 N–H and O–H groups in total. The molecule has 21 heavy (non-hydrogen) atoms. The first kappa shape index (κ1) is 13.8. The van der Waals surface area contributed by atoms with Crippen LogP contribution in [-0.2, 0) is 6.54 Å². The number of nitrogens with zero attached hydrogens (tertiary/aromatic N) is 3. The number of carbonyl (C=O) groups is 1. The van der Waals surface area contributed by atoms with Crippen LogP contribution in [0, 0.1) is 6.92 Å². The summed E-state index contributed by atoms with van der Waals surface area (Å²) in [4.78, 5) is 13.7. The van der Waals surface area contributed by atoms with Gasteiger partial charge in [-0.15, -0.1) is 10.2 Å². The number of rotatable bonds is 4. The largest absolute Gasteiger partial charge is 0.467 e. The van der Waals surface area contributed by atoms with Gasteiger partial charge in [0.25, 0.3) is 5.91 Å². The molecule has 3 heterocycles. The molecule has 0 radical (unpaired) electrons. The van der Waals surface area contributed by atoms with Gasteiger partial charge < -0.3 is 9.73 Å². The number of fused-ring (bicyclic) bond motifs is 1. The van der Waals surface area contributed by atoms with Gasteiger partial charge in [0.05, 0.1) is 12.8 Å². The highest BCUT2D eigenvalue weighted by Gasteiger charge is 2.20. The highest BCUT2D eigenvalue weighted by molar-refractivity contribution is 7.19. The van der Waals surface area contributed by atoms with Crippen molar-refractivity contribution in [3.63, 3.8) is 0 Å². The normalized spacial score (nSPS) is 11.4. The van der Waals surface area contributed by atoms with Gasteiger partial charge in [-0.3, -0.25) is 9.20 Å². The quantitative estimate of drug-likeness (QED) is 0.804. The van der Waals surface area contributed by atoms with E-state index in [4.69, 9.17) is 4.42 Å². The minimum Gasteiger partial charge on any atom is -0.467 e. The van der Waals surface area contributed by atoms with Crippen LogP contribution in [0.4, 0.5) is 0 Å². The summed E-state index contributed by atoms with van der Waals surface area (Å²) in [7, 11) is 0. The molecule has 0 bridgehead atoms. The zero-order valence-corrected chi connectivity index (χ0v) is 12.9. The summed E-state index contributed by atoms with van der Waals surface area (Å²) < 4.78 is 7.16. The van der Waals surface area contributed by atoms with Crippen LogP contribution in [0.15, 0.2) is 22.8 Å². The third kappa shape index (κ3) is 2.44. The van der Waals surface area contributed by atoms with Crippen molar-refractivity contribution in [3.05, 3.63) is 40.6 Å². The van der Waals surface area contributed by atoms with Crippen molar-refractivity contribution in [2.24, 2.45) is 0 Å². The lowest BCUT2D eigenvalue weighted by Crippen LogP contribution is -2.22. The van der Waals surface area contributed by atoms with E-state index in [1.165, 1.54) is 11.3 Å². The molecule has 3 aromatic rings. The van der Waals surface area contributed by atoms with Crippen LogP contribution in [0.25, 0.3) is 4.96 Å². The second-order valence-corrected chi connectivity index (χ2v) is 6.09. The van der Waals surface area contributed by atoms with Crippen LogP contribution in [0.1, 0.15) is 46.7 Å². The van der Waals surface area contributed by atoms with Crippen molar-refractivity contribution in [2.45, 2.75) is 33.2 Å². The standard InChI is InChI=1S/C14H16N4O2S/c1-8(2)12-16-17-14-18(12)9(3)11(21-14)13(19)15-7-10-5-4-6-20-10/h4-6,8H,7H2,1-3H3,(H,15,19). The first-order valence-electron chi connectivity index (χ1n) is 6.73. The van der Waals surface area contributed by atoms with Gasteiger partial charge in [-0.05, 0) is 19.1 Å². The molecule has 0 saturated carbocycles. The molecule has 0 aliphatic heterocycles. The Kier molecular flexibility index (Phi) is 3.50. The molecule has 3 aromatic heterocycles. The summed E-state index contributed by atoms with van der Waals surface area (Å²) in [6, 6.07) is 3.63. The monoisotopic (exact) mass is 304 g/mol. The van der Waals surface area contributed by atoms with Gasteiger partial charge in [0, 0.05) is 11.6 Å². The van der Waals surface area contributed by atoms with E-state index >= 15 is 0 Å². The Balaban J connectivity index is 1.86. The molecule has 3 rings (SSSR count). The first-order valence-corrected chi connectivity index (χ1v) is 7.54. The fourth-order valence-electron chi connectivity index (χ4n) is 2.17. The number of amides is 1. The van der Waals surface area contributed by atoms with E-state index in [0.717, 1.165) is 22.2 Å². The van der Waals surface area contributed by atoms with Crippen molar-refractivity contribution < 1.29 is 9.21 Å². The van der Waals surface area contributed by atoms with E-state index in [2.05, 4.69) is 29.4 Å². The van der Waals surface area contributed by atoms with Crippen molar-refractivity contribution in [3.8, 4) is 0 Å². The molecule has 0 spiro atoms. The maximum Gasteiger partial charge on any atom is 0.263 e. The lowest BCUT2D eigenvalue weighted by atomic mass is 10.2. The average Bonchev–Trinajstić information content (AvgIpc) is 3.14. The Morgan fingerprint density at radius 3 is 2.95 bits per heavy atom. The molecular formula is C14H16N4O2S. The van der Waals surface area contributed by atoms with E-state index in [9.17, 15) is 4.79 Å². The third-order valence-electron chi connectivity index (χ3n) is 3.24. The summed E-state index contributed by atoms with van der Waals surface area (Å²) >= 11 is 1.35. The predicted octanol–water partition coefficient (Wildman–Crippen LogP) is 2.75. The minimum atomic E-state index is -0.117. The molecule has 110 valence electrons. The second-order valence-electron chi connectivity index (χ2n) is 5.11. The Bertz CT molecular complexity index is 770. The summed E-state index contributed by atoms with van der Waals surface area (Å²) in [5.74, 6) is 1.75. The molecule has 7 heteroatoms. The van der Waals surface area contributed by atoms with E-state index < -0.39 is 0 Å². The number of hydrogen-bond acceptors (Lipinski definition) is 5. The van der Waals surface area contributed by atoms with Gasteiger partial charge in [0.1, 0.15) is 16.5 Å². The zero-order chi connectivity index (χ0) is 15.0. The molecule has 0 saturated heterocycles. The minimum absolute atomic E-state index is 0.117. The third-order valence-corrected chi connectivity index (χ3v) is 4.37. The van der Waals surface area contributed by atoms with E-state index in [1.807, 2.05) is 17.4 Å². The maximum absolute atomic E-state index is 12.3. The van der Waals surface area contributed by atoms with Gasteiger partial charge in [0.2, 0.25) is 4.96 Å². The first-order chi connectivity index (χ1) is 10.1. The van der Waals surface area contributed by atoms with Gasteiger partial charge in [0.15, 0.2) is 0 Å². The molecular weight excluding hydrogens is 288 g/mol. The van der Waals surface area contributed by atoms with Gasteiger partial charge >= 0.3 is 0 Å². The molecule has 1 amide bonds. The van der Waals surface area contributed by atoms with Crippen LogP contribution < -0.4 is 5.32 Å². The molecule has 0 fully saturated rings. The smallest absolute Gasteiger partial charge is 0.263 e. The van der Waals surface area contributed by atoms with Crippen molar-refractivity contribution >= 4 is 22.2 Å². The second kappa shape index (κ2) is 5.33. The van der Waals surface area contributed by atoms with Crippen LogP contribution in [0.3, 0.4) is 0 Å². The molecule has 0 aromatic carbocycles. The Hall–Kier alpha value is -2.15. The SMILES string of the molecule is Cc1c(C(=O)NCc2ccco2)sc2nnc(C(C)C)n12. The summed E-state index contributed by atoms with van der Waals surface area (Å²) in [5.41, 5.74) is 0.876. The number of aryl methyl sites for hydroxylation is 1. The number of hydrogen-bond donors (Lipinski definition) is 1. The van der Waals surface area contributed by atoms with Crippen molar-refractivity contribution in [1.29, 1.82) is 0 Å². The molecule has 6 nitrogen and oxygen atoms in total. The molecule has 0 atom stereocenters. The summed E-state index contributed by atoms with van der Waals surface area (Å²) in [6.07, 6.45) is 1.59. The Morgan fingerprint density at radius 2 is 2.29 bits per heavy atom. The van der Waals surface area contributed by atoms with E-state index in [-0.39, 0.29) is 11.8 Å². The van der Waals surface area contributed by atoms with Gasteiger partial charge in [-0.25, -0.2) is 0 Å². The van der Waals surface area contributed by atoms with Crippen molar-refractivity contribution in [2.75, 3.05) is 0 Å². The molecule has 0 aliphatic rings. The van der Waals surface area contributed by atoms with Crippen LogP contribution in [0.5, 0.6) is 0 Å². The highest BCUT2D eigenvalue weighted by Crippen LogP contribution is 2.25.